The molecule has 0 saturated carbocycles. The molecule has 1 aromatic carbocycles. The van der Waals surface area contributed by atoms with Gasteiger partial charge >= 0.3 is 18.4 Å². The summed E-state index contributed by atoms with van der Waals surface area (Å²) in [6, 6.07) is 1.61. The van der Waals surface area contributed by atoms with Crippen LogP contribution in [0.5, 0.6) is 0 Å². The van der Waals surface area contributed by atoms with Gasteiger partial charge in [0.15, 0.2) is 0 Å². The SMILES string of the molecule is CCNc1cc(C)nc(NCCNC(=O)Nc2cc(C(F)(F)F)cc(C(F)(F)F)c2)n1. The fourth-order valence-corrected chi connectivity index (χ4v) is 2.47. The highest BCUT2D eigenvalue weighted by atomic mass is 19.4. The van der Waals surface area contributed by atoms with Gasteiger partial charge in [-0.1, -0.05) is 0 Å². The third-order valence-corrected chi connectivity index (χ3v) is 3.75. The molecule has 2 aromatic rings. The van der Waals surface area contributed by atoms with Gasteiger partial charge < -0.3 is 21.3 Å². The van der Waals surface area contributed by atoms with Gasteiger partial charge in [-0.15, -0.1) is 0 Å². The highest BCUT2D eigenvalue weighted by Gasteiger charge is 2.37. The molecule has 0 radical (unpaired) electrons. The standard InChI is InChI=1S/C18H20F6N6O/c1-3-25-14-6-10(2)28-15(30-14)26-4-5-27-16(31)29-13-8-11(17(19,20)21)7-12(9-13)18(22,23)24/h6-9H,3-5H2,1-2H3,(H2,27,29,31)(H2,25,26,28,30). The lowest BCUT2D eigenvalue weighted by molar-refractivity contribution is -0.143. The van der Waals surface area contributed by atoms with E-state index in [2.05, 4.69) is 25.9 Å². The van der Waals surface area contributed by atoms with E-state index in [4.69, 9.17) is 0 Å². The Morgan fingerprint density at radius 2 is 1.52 bits per heavy atom. The van der Waals surface area contributed by atoms with Crippen LogP contribution in [0.2, 0.25) is 0 Å². The Morgan fingerprint density at radius 1 is 0.903 bits per heavy atom. The number of aryl methyl sites for hydroxylation is 1. The molecule has 0 atom stereocenters. The first-order valence-electron chi connectivity index (χ1n) is 9.06. The van der Waals surface area contributed by atoms with Crippen LogP contribution in [0.15, 0.2) is 24.3 Å². The van der Waals surface area contributed by atoms with E-state index in [9.17, 15) is 31.1 Å². The number of nitrogens with one attached hydrogen (secondary N) is 4. The van der Waals surface area contributed by atoms with E-state index in [1.807, 2.05) is 12.2 Å². The summed E-state index contributed by atoms with van der Waals surface area (Å²) in [4.78, 5) is 20.2. The Bertz CT molecular complexity index is 883. The Kier molecular flexibility index (Phi) is 7.52. The van der Waals surface area contributed by atoms with Gasteiger partial charge in [0.1, 0.15) is 5.82 Å². The van der Waals surface area contributed by atoms with Gasteiger partial charge in [-0.05, 0) is 32.0 Å². The number of urea groups is 1. The van der Waals surface area contributed by atoms with Crippen LogP contribution in [-0.2, 0) is 12.4 Å². The molecule has 0 unspecified atom stereocenters. The molecule has 2 amide bonds. The first-order chi connectivity index (χ1) is 14.4. The third-order valence-electron chi connectivity index (χ3n) is 3.75. The van der Waals surface area contributed by atoms with Crippen LogP contribution in [0.25, 0.3) is 0 Å². The van der Waals surface area contributed by atoms with E-state index < -0.39 is 35.2 Å². The van der Waals surface area contributed by atoms with Crippen molar-refractivity contribution in [2.75, 3.05) is 35.6 Å². The van der Waals surface area contributed by atoms with Crippen LogP contribution in [0.1, 0.15) is 23.7 Å². The van der Waals surface area contributed by atoms with E-state index in [1.54, 1.807) is 13.0 Å². The van der Waals surface area contributed by atoms with Gasteiger partial charge in [-0.2, -0.15) is 31.3 Å². The van der Waals surface area contributed by atoms with Crippen molar-refractivity contribution in [3.05, 3.63) is 41.1 Å². The number of nitrogens with zero attached hydrogens (tertiary/aromatic N) is 2. The summed E-state index contributed by atoms with van der Waals surface area (Å²) in [6.07, 6.45) is -10.0. The fraction of sp³-hybridized carbons (Fsp3) is 0.389. The molecule has 0 bridgehead atoms. The van der Waals surface area contributed by atoms with E-state index in [1.165, 1.54) is 0 Å². The van der Waals surface area contributed by atoms with Crippen LogP contribution < -0.4 is 21.3 Å². The normalized spacial score (nSPS) is 11.7. The maximum atomic E-state index is 12.9. The lowest BCUT2D eigenvalue weighted by atomic mass is 10.1. The van der Waals surface area contributed by atoms with Crippen LogP contribution >= 0.6 is 0 Å². The molecule has 0 aliphatic carbocycles. The van der Waals surface area contributed by atoms with E-state index in [0.29, 0.717) is 36.1 Å². The number of rotatable bonds is 7. The molecule has 1 heterocycles. The van der Waals surface area contributed by atoms with Crippen LogP contribution in [0, 0.1) is 6.92 Å². The second kappa shape index (κ2) is 9.71. The minimum absolute atomic E-state index is 0.00473. The molecule has 7 nitrogen and oxygen atoms in total. The molecular formula is C18H20F6N6O. The fourth-order valence-electron chi connectivity index (χ4n) is 2.47. The molecule has 0 aliphatic heterocycles. The number of benzene rings is 1. The average molecular weight is 450 g/mol. The van der Waals surface area contributed by atoms with Crippen molar-refractivity contribution in [3.63, 3.8) is 0 Å². The molecule has 170 valence electrons. The van der Waals surface area contributed by atoms with Crippen molar-refractivity contribution in [2.24, 2.45) is 0 Å². The summed E-state index contributed by atoms with van der Waals surface area (Å²) in [5.74, 6) is 0.902. The van der Waals surface area contributed by atoms with Crippen LogP contribution in [0.4, 0.5) is 48.6 Å². The van der Waals surface area contributed by atoms with Crippen molar-refractivity contribution in [3.8, 4) is 0 Å². The zero-order chi connectivity index (χ0) is 23.2. The summed E-state index contributed by atoms with van der Waals surface area (Å²) < 4.78 is 77.2. The summed E-state index contributed by atoms with van der Waals surface area (Å²) in [5, 5.41) is 10.2. The Hall–Kier alpha value is -3.25. The minimum atomic E-state index is -5.00. The second-order valence-corrected chi connectivity index (χ2v) is 6.35. The van der Waals surface area contributed by atoms with Crippen molar-refractivity contribution in [1.29, 1.82) is 0 Å². The zero-order valence-corrected chi connectivity index (χ0v) is 16.5. The van der Waals surface area contributed by atoms with Crippen molar-refractivity contribution < 1.29 is 31.1 Å². The van der Waals surface area contributed by atoms with Crippen LogP contribution in [0.3, 0.4) is 0 Å². The number of hydrogen-bond donors (Lipinski definition) is 4. The zero-order valence-electron chi connectivity index (χ0n) is 16.5. The molecule has 4 N–H and O–H groups in total. The highest BCUT2D eigenvalue weighted by Crippen LogP contribution is 2.37. The average Bonchev–Trinajstić information content (AvgIpc) is 2.63. The van der Waals surface area contributed by atoms with Gasteiger partial charge in [0.25, 0.3) is 0 Å². The Balaban J connectivity index is 1.96. The predicted molar refractivity (Wildman–Crippen MR) is 103 cm³/mol. The molecule has 0 fully saturated rings. The maximum Gasteiger partial charge on any atom is 0.416 e. The van der Waals surface area contributed by atoms with Gasteiger partial charge in [-0.25, -0.2) is 9.78 Å². The molecule has 1 aromatic heterocycles. The van der Waals surface area contributed by atoms with Gasteiger partial charge in [-0.3, -0.25) is 0 Å². The predicted octanol–water partition coefficient (Wildman–Crippen LogP) is 4.49. The number of hydrogen-bond acceptors (Lipinski definition) is 5. The van der Waals surface area contributed by atoms with E-state index in [-0.39, 0.29) is 19.2 Å². The summed E-state index contributed by atoms with van der Waals surface area (Å²) in [7, 11) is 0. The Labute approximate surface area is 173 Å². The highest BCUT2D eigenvalue weighted by molar-refractivity contribution is 5.89. The molecule has 13 heteroatoms. The lowest BCUT2D eigenvalue weighted by Gasteiger charge is -2.15. The largest absolute Gasteiger partial charge is 0.416 e. The summed E-state index contributed by atoms with van der Waals surface area (Å²) >= 11 is 0. The second-order valence-electron chi connectivity index (χ2n) is 6.35. The Morgan fingerprint density at radius 3 is 2.06 bits per heavy atom. The first-order valence-corrected chi connectivity index (χ1v) is 9.06. The third kappa shape index (κ3) is 7.50. The lowest BCUT2D eigenvalue weighted by Crippen LogP contribution is -2.33. The molecule has 2 rings (SSSR count). The van der Waals surface area contributed by atoms with Gasteiger partial charge in [0.05, 0.1) is 11.1 Å². The van der Waals surface area contributed by atoms with Crippen molar-refractivity contribution in [2.45, 2.75) is 26.2 Å². The number of aromatic nitrogens is 2. The monoisotopic (exact) mass is 450 g/mol. The quantitative estimate of drug-likeness (QED) is 0.369. The number of anilines is 3. The van der Waals surface area contributed by atoms with Gasteiger partial charge in [0.2, 0.25) is 5.95 Å². The van der Waals surface area contributed by atoms with Crippen molar-refractivity contribution >= 4 is 23.5 Å². The van der Waals surface area contributed by atoms with Crippen LogP contribution in [-0.4, -0.2) is 35.6 Å². The number of amides is 2. The molecule has 31 heavy (non-hydrogen) atoms. The number of carbonyl (C=O) groups is 1. The van der Waals surface area contributed by atoms with E-state index in [0.717, 1.165) is 0 Å². The van der Waals surface area contributed by atoms with E-state index >= 15 is 0 Å². The number of alkyl halides is 6. The molecule has 0 spiro atoms. The van der Waals surface area contributed by atoms with Gasteiger partial charge in [0, 0.05) is 37.1 Å². The summed E-state index contributed by atoms with van der Waals surface area (Å²) in [6.45, 7) is 4.49. The topological polar surface area (TPSA) is 91.0 Å². The first kappa shape index (κ1) is 24.0. The molecule has 0 saturated heterocycles. The molecular weight excluding hydrogens is 430 g/mol. The van der Waals surface area contributed by atoms with Crippen molar-refractivity contribution in [1.82, 2.24) is 15.3 Å². The smallest absolute Gasteiger partial charge is 0.370 e. The maximum absolute atomic E-state index is 12.9. The number of carbonyl (C=O) groups excluding carboxylic acids is 1. The number of halogens is 6. The summed E-state index contributed by atoms with van der Waals surface area (Å²) in [5.41, 5.74) is -2.98. The molecule has 0 aliphatic rings. The minimum Gasteiger partial charge on any atom is -0.370 e.